The molecular weight excluding hydrogens is 383 g/mol. The quantitative estimate of drug-likeness (QED) is 0.403. The van der Waals surface area contributed by atoms with Gasteiger partial charge in [-0.25, -0.2) is 0 Å². The van der Waals surface area contributed by atoms with Crippen LogP contribution in [0.1, 0.15) is 5.56 Å². The minimum absolute atomic E-state index is 0.0804. The van der Waals surface area contributed by atoms with Gasteiger partial charge < -0.3 is 9.15 Å². The van der Waals surface area contributed by atoms with Crippen LogP contribution in [0, 0.1) is 0 Å². The van der Waals surface area contributed by atoms with Gasteiger partial charge in [-0.15, -0.1) is 0 Å². The van der Waals surface area contributed by atoms with Gasteiger partial charge in [-0.2, -0.15) is 0 Å². The van der Waals surface area contributed by atoms with Crippen LogP contribution in [0.3, 0.4) is 0 Å². The summed E-state index contributed by atoms with van der Waals surface area (Å²) in [7, 11) is 0. The van der Waals surface area contributed by atoms with Crippen LogP contribution in [0.15, 0.2) is 82.2 Å². The molecule has 1 aromatic heterocycles. The maximum absolute atomic E-state index is 12.8. The molecule has 4 aromatic rings. The molecule has 0 bridgehead atoms. The summed E-state index contributed by atoms with van der Waals surface area (Å²) in [6.07, 6.45) is 1.48. The predicted octanol–water partition coefficient (Wildman–Crippen LogP) is 6.35. The third-order valence-electron chi connectivity index (χ3n) is 4.28. The Balaban J connectivity index is 1.65. The van der Waals surface area contributed by atoms with Crippen LogP contribution < -0.4 is 10.2 Å². The first kappa shape index (κ1) is 17.7. The van der Waals surface area contributed by atoms with Crippen molar-refractivity contribution in [3.8, 4) is 16.9 Å². The number of hydrogen-bond acceptors (Lipinski definition) is 3. The van der Waals surface area contributed by atoms with E-state index in [-0.39, 0.29) is 12.0 Å². The fraction of sp³-hybridized carbons (Fsp3) is 0.0455. The van der Waals surface area contributed by atoms with Crippen LogP contribution in [-0.4, -0.2) is 0 Å². The van der Waals surface area contributed by atoms with E-state index < -0.39 is 0 Å². The SMILES string of the molecule is O=c1c(-c2ccccc2)coc2cc(OCc3c(Cl)cccc3Cl)ccc12. The molecule has 0 amide bonds. The van der Waals surface area contributed by atoms with Crippen molar-refractivity contribution in [2.75, 3.05) is 0 Å². The number of benzene rings is 3. The monoisotopic (exact) mass is 396 g/mol. The molecule has 134 valence electrons. The maximum atomic E-state index is 12.8. The second-order valence-electron chi connectivity index (χ2n) is 5.99. The van der Waals surface area contributed by atoms with E-state index >= 15 is 0 Å². The molecule has 0 spiro atoms. The number of fused-ring (bicyclic) bond motifs is 1. The minimum Gasteiger partial charge on any atom is -0.489 e. The number of hydrogen-bond donors (Lipinski definition) is 0. The lowest BCUT2D eigenvalue weighted by Crippen LogP contribution is -2.05. The van der Waals surface area contributed by atoms with Crippen LogP contribution in [-0.2, 0) is 6.61 Å². The highest BCUT2D eigenvalue weighted by Gasteiger charge is 2.11. The van der Waals surface area contributed by atoms with Crippen molar-refractivity contribution >= 4 is 34.2 Å². The molecule has 5 heteroatoms. The van der Waals surface area contributed by atoms with E-state index in [9.17, 15) is 4.79 Å². The first-order chi connectivity index (χ1) is 13.1. The zero-order valence-corrected chi connectivity index (χ0v) is 15.6. The van der Waals surface area contributed by atoms with Gasteiger partial charge in [-0.3, -0.25) is 4.79 Å². The van der Waals surface area contributed by atoms with Crippen molar-refractivity contribution in [2.45, 2.75) is 6.61 Å². The number of halogens is 2. The number of rotatable bonds is 4. The van der Waals surface area contributed by atoms with Crippen LogP contribution in [0.2, 0.25) is 10.0 Å². The lowest BCUT2D eigenvalue weighted by atomic mass is 10.1. The normalized spacial score (nSPS) is 10.9. The molecule has 0 fully saturated rings. The first-order valence-corrected chi connectivity index (χ1v) is 9.06. The molecule has 3 aromatic carbocycles. The van der Waals surface area contributed by atoms with Gasteiger partial charge >= 0.3 is 0 Å². The molecule has 0 aliphatic rings. The molecule has 3 nitrogen and oxygen atoms in total. The highest BCUT2D eigenvalue weighted by Crippen LogP contribution is 2.27. The minimum atomic E-state index is -0.0804. The van der Waals surface area contributed by atoms with E-state index in [2.05, 4.69) is 0 Å². The summed E-state index contributed by atoms with van der Waals surface area (Å²) in [5, 5.41) is 1.59. The van der Waals surface area contributed by atoms with Gasteiger partial charge in [0.05, 0.1) is 10.9 Å². The summed E-state index contributed by atoms with van der Waals surface area (Å²) >= 11 is 12.3. The van der Waals surface area contributed by atoms with E-state index in [1.165, 1.54) is 6.26 Å². The average Bonchev–Trinajstić information content (AvgIpc) is 2.68. The van der Waals surface area contributed by atoms with Crippen LogP contribution in [0.4, 0.5) is 0 Å². The third kappa shape index (κ3) is 3.57. The Bertz CT molecular complexity index is 1150. The largest absolute Gasteiger partial charge is 0.489 e. The molecule has 0 radical (unpaired) electrons. The van der Waals surface area contributed by atoms with E-state index in [0.717, 1.165) is 5.56 Å². The Hall–Kier alpha value is -2.75. The molecule has 0 saturated carbocycles. The Labute approximate surface area is 165 Å². The lowest BCUT2D eigenvalue weighted by Gasteiger charge is -2.10. The molecule has 4 rings (SSSR count). The molecule has 0 unspecified atom stereocenters. The van der Waals surface area contributed by atoms with Crippen LogP contribution in [0.5, 0.6) is 5.75 Å². The Kier molecular flexibility index (Phi) is 4.88. The summed E-state index contributed by atoms with van der Waals surface area (Å²) in [5.74, 6) is 0.564. The van der Waals surface area contributed by atoms with Crippen molar-refractivity contribution in [1.82, 2.24) is 0 Å². The Morgan fingerprint density at radius 3 is 2.37 bits per heavy atom. The molecule has 0 saturated heterocycles. The fourth-order valence-electron chi connectivity index (χ4n) is 2.84. The number of ether oxygens (including phenoxy) is 1. The predicted molar refractivity (Wildman–Crippen MR) is 109 cm³/mol. The molecule has 0 aliphatic carbocycles. The van der Waals surface area contributed by atoms with Crippen LogP contribution in [0.25, 0.3) is 22.1 Å². The average molecular weight is 397 g/mol. The molecule has 1 heterocycles. The van der Waals surface area contributed by atoms with Gasteiger partial charge in [0, 0.05) is 21.7 Å². The van der Waals surface area contributed by atoms with Crippen molar-refractivity contribution < 1.29 is 9.15 Å². The van der Waals surface area contributed by atoms with Gasteiger partial charge in [0.15, 0.2) is 5.43 Å². The summed E-state index contributed by atoms with van der Waals surface area (Å²) in [4.78, 5) is 12.8. The zero-order chi connectivity index (χ0) is 18.8. The van der Waals surface area contributed by atoms with Crippen LogP contribution >= 0.6 is 23.2 Å². The van der Waals surface area contributed by atoms with Crippen molar-refractivity contribution in [3.63, 3.8) is 0 Å². The van der Waals surface area contributed by atoms with Crippen molar-refractivity contribution in [3.05, 3.63) is 98.8 Å². The van der Waals surface area contributed by atoms with Gasteiger partial charge in [0.1, 0.15) is 24.2 Å². The maximum Gasteiger partial charge on any atom is 0.200 e. The molecule has 0 atom stereocenters. The highest BCUT2D eigenvalue weighted by molar-refractivity contribution is 6.35. The Morgan fingerprint density at radius 2 is 1.63 bits per heavy atom. The summed E-state index contributed by atoms with van der Waals surface area (Å²) in [6.45, 7) is 0.219. The van der Waals surface area contributed by atoms with Gasteiger partial charge in [0.25, 0.3) is 0 Å². The summed E-state index contributed by atoms with van der Waals surface area (Å²) in [6, 6.07) is 19.9. The van der Waals surface area contributed by atoms with Gasteiger partial charge in [-0.05, 0) is 29.8 Å². The molecule has 0 N–H and O–H groups in total. The highest BCUT2D eigenvalue weighted by atomic mass is 35.5. The van der Waals surface area contributed by atoms with E-state index in [4.69, 9.17) is 32.4 Å². The van der Waals surface area contributed by atoms with E-state index in [1.54, 1.807) is 36.4 Å². The third-order valence-corrected chi connectivity index (χ3v) is 4.98. The molecule has 0 aliphatic heterocycles. The Morgan fingerprint density at radius 1 is 0.889 bits per heavy atom. The van der Waals surface area contributed by atoms with Crippen molar-refractivity contribution in [2.24, 2.45) is 0 Å². The van der Waals surface area contributed by atoms with E-state index in [0.29, 0.717) is 37.9 Å². The second-order valence-corrected chi connectivity index (χ2v) is 6.81. The standard InChI is InChI=1S/C22H14Cl2O3/c23-19-7-4-8-20(24)18(19)13-26-15-9-10-16-21(11-15)27-12-17(22(16)25)14-5-2-1-3-6-14/h1-12H,13H2. The first-order valence-electron chi connectivity index (χ1n) is 8.30. The van der Waals surface area contributed by atoms with Gasteiger partial charge in [0.2, 0.25) is 0 Å². The van der Waals surface area contributed by atoms with E-state index in [1.807, 2.05) is 30.3 Å². The fourth-order valence-corrected chi connectivity index (χ4v) is 3.35. The molecular formula is C22H14Cl2O3. The van der Waals surface area contributed by atoms with Crippen molar-refractivity contribution in [1.29, 1.82) is 0 Å². The summed E-state index contributed by atoms with van der Waals surface area (Å²) in [5.41, 5.74) is 2.44. The second kappa shape index (κ2) is 7.47. The lowest BCUT2D eigenvalue weighted by molar-refractivity contribution is 0.306. The molecule has 27 heavy (non-hydrogen) atoms. The zero-order valence-electron chi connectivity index (χ0n) is 14.1. The summed E-state index contributed by atoms with van der Waals surface area (Å²) < 4.78 is 11.5. The topological polar surface area (TPSA) is 39.4 Å². The smallest absolute Gasteiger partial charge is 0.200 e. The van der Waals surface area contributed by atoms with Gasteiger partial charge in [-0.1, -0.05) is 59.6 Å².